The van der Waals surface area contributed by atoms with Gasteiger partial charge in [0.25, 0.3) is 11.5 Å². The van der Waals surface area contributed by atoms with Crippen LogP contribution in [0.15, 0.2) is 58.2 Å². The first kappa shape index (κ1) is 25.3. The van der Waals surface area contributed by atoms with Crippen molar-refractivity contribution in [2.24, 2.45) is 7.05 Å². The number of rotatable bonds is 7. The summed E-state index contributed by atoms with van der Waals surface area (Å²) in [4.78, 5) is 40.5. The van der Waals surface area contributed by atoms with Gasteiger partial charge in [0.1, 0.15) is 16.6 Å². The number of aromatic nitrogens is 2. The van der Waals surface area contributed by atoms with E-state index in [-0.39, 0.29) is 28.0 Å². The van der Waals surface area contributed by atoms with Crippen molar-refractivity contribution < 1.29 is 19.1 Å². The van der Waals surface area contributed by atoms with Gasteiger partial charge in [0.2, 0.25) is 5.91 Å². The minimum Gasteiger partial charge on any atom is -0.493 e. The molecule has 1 N–H and O–H groups in total. The summed E-state index contributed by atoms with van der Waals surface area (Å²) in [6, 6.07) is 14.4. The van der Waals surface area contributed by atoms with Crippen LogP contribution in [0.4, 0.5) is 5.69 Å². The maximum Gasteiger partial charge on any atom is 0.295 e. The van der Waals surface area contributed by atoms with Crippen molar-refractivity contribution in [3.05, 3.63) is 75.0 Å². The lowest BCUT2D eigenvalue weighted by Crippen LogP contribution is -2.37. The third kappa shape index (κ3) is 4.79. The van der Waals surface area contributed by atoms with E-state index in [0.29, 0.717) is 27.8 Å². The lowest BCUT2D eigenvalue weighted by atomic mass is 10.2. The van der Waals surface area contributed by atoms with Gasteiger partial charge in [0, 0.05) is 7.05 Å². The van der Waals surface area contributed by atoms with Gasteiger partial charge in [-0.15, -0.1) is 0 Å². The van der Waals surface area contributed by atoms with Crippen molar-refractivity contribution >= 4 is 51.9 Å². The highest BCUT2D eigenvalue weighted by Gasteiger charge is 2.34. The number of nitrogens with zero attached hydrogens (tertiary/aromatic N) is 3. The molecule has 0 unspecified atom stereocenters. The number of methoxy groups -OCH3 is 2. The summed E-state index contributed by atoms with van der Waals surface area (Å²) < 4.78 is 13.9. The first-order valence-corrected chi connectivity index (χ1v) is 12.1. The van der Waals surface area contributed by atoms with E-state index in [1.54, 1.807) is 62.2 Å². The molecule has 0 aliphatic carbocycles. The summed E-state index contributed by atoms with van der Waals surface area (Å²) >= 11 is 6.46. The fourth-order valence-electron chi connectivity index (χ4n) is 3.77. The fourth-order valence-corrected chi connectivity index (χ4v) is 5.02. The van der Waals surface area contributed by atoms with E-state index in [2.05, 4.69) is 5.32 Å². The predicted molar refractivity (Wildman–Crippen MR) is 144 cm³/mol. The molecular weight excluding hydrogens is 500 g/mol. The number of thiocarbonyl (C=S) groups is 1. The normalized spacial score (nSPS) is 14.4. The highest BCUT2D eigenvalue weighted by Crippen LogP contribution is 2.34. The average molecular weight is 525 g/mol. The Bertz CT molecular complexity index is 1440. The van der Waals surface area contributed by atoms with E-state index in [1.807, 2.05) is 18.2 Å². The van der Waals surface area contributed by atoms with Crippen LogP contribution in [0, 0.1) is 6.92 Å². The Morgan fingerprint density at radius 3 is 2.44 bits per heavy atom. The molecule has 1 aromatic heterocycles. The third-order valence-corrected chi connectivity index (χ3v) is 7.08. The number of nitrogens with one attached hydrogen (secondary N) is 1. The summed E-state index contributed by atoms with van der Waals surface area (Å²) in [7, 11) is 4.81. The van der Waals surface area contributed by atoms with E-state index >= 15 is 0 Å². The molecule has 1 aliphatic heterocycles. The van der Waals surface area contributed by atoms with Crippen molar-refractivity contribution in [1.29, 1.82) is 0 Å². The second kappa shape index (κ2) is 10.4. The molecule has 2 heterocycles. The minimum atomic E-state index is -0.523. The van der Waals surface area contributed by atoms with Gasteiger partial charge in [-0.1, -0.05) is 48.2 Å². The van der Waals surface area contributed by atoms with E-state index in [9.17, 15) is 14.4 Å². The van der Waals surface area contributed by atoms with E-state index in [1.165, 1.54) is 16.7 Å². The number of hydrogen-bond donors (Lipinski definition) is 1. The van der Waals surface area contributed by atoms with Crippen LogP contribution in [0.3, 0.4) is 0 Å². The highest BCUT2D eigenvalue weighted by atomic mass is 32.2. The smallest absolute Gasteiger partial charge is 0.295 e. The average Bonchev–Trinajstić information content (AvgIpc) is 3.25. The number of benzene rings is 2. The Morgan fingerprint density at radius 1 is 1.08 bits per heavy atom. The van der Waals surface area contributed by atoms with E-state index in [4.69, 9.17) is 21.7 Å². The number of ether oxygens (including phenoxy) is 2. The van der Waals surface area contributed by atoms with Crippen LogP contribution >= 0.6 is 24.0 Å². The Balaban J connectivity index is 1.51. The summed E-state index contributed by atoms with van der Waals surface area (Å²) in [6.07, 6.45) is 1.68. The summed E-state index contributed by atoms with van der Waals surface area (Å²) in [5.41, 5.74) is 1.76. The van der Waals surface area contributed by atoms with Crippen molar-refractivity contribution in [2.75, 3.05) is 26.1 Å². The second-order valence-corrected chi connectivity index (χ2v) is 9.54. The van der Waals surface area contributed by atoms with Gasteiger partial charge in [-0.3, -0.25) is 24.0 Å². The topological polar surface area (TPSA) is 94.8 Å². The fraction of sp³-hybridized carbons (Fsp3) is 0.200. The second-order valence-electron chi connectivity index (χ2n) is 7.87. The van der Waals surface area contributed by atoms with Crippen molar-refractivity contribution in [1.82, 2.24) is 14.3 Å². The van der Waals surface area contributed by atoms with Crippen molar-refractivity contribution in [3.63, 3.8) is 0 Å². The maximum atomic E-state index is 13.1. The number of anilines is 1. The number of amides is 2. The predicted octanol–water partition coefficient (Wildman–Crippen LogP) is 3.34. The van der Waals surface area contributed by atoms with E-state index in [0.717, 1.165) is 17.3 Å². The van der Waals surface area contributed by atoms with Gasteiger partial charge in [0.15, 0.2) is 11.5 Å². The lowest BCUT2D eigenvalue weighted by molar-refractivity contribution is -0.126. The first-order valence-electron chi connectivity index (χ1n) is 10.9. The Hall–Kier alpha value is -3.83. The molecular formula is C25H24N4O5S2. The molecule has 3 aromatic rings. The number of carbonyl (C=O) groups excluding carboxylic acids is 2. The van der Waals surface area contributed by atoms with Gasteiger partial charge >= 0.3 is 0 Å². The van der Waals surface area contributed by atoms with Gasteiger partial charge < -0.3 is 14.8 Å². The van der Waals surface area contributed by atoms with Gasteiger partial charge in [-0.25, -0.2) is 4.68 Å². The van der Waals surface area contributed by atoms with Crippen molar-refractivity contribution in [3.8, 4) is 17.2 Å². The molecule has 2 aromatic carbocycles. The molecule has 0 saturated carbocycles. The van der Waals surface area contributed by atoms with Crippen LogP contribution in [-0.2, 0) is 16.6 Å². The van der Waals surface area contributed by atoms with Crippen LogP contribution in [-0.4, -0.2) is 51.2 Å². The third-order valence-electron chi connectivity index (χ3n) is 5.70. The van der Waals surface area contributed by atoms with Gasteiger partial charge in [-0.2, -0.15) is 0 Å². The standard InChI is InChI=1S/C25H24N4O5S2/c1-15-22(24(32)29(27(15)2)17-8-6-5-7-9-17)26-21(30)14-28-23(31)20(36-25(28)35)13-16-10-11-18(33-3)19(12-16)34-4/h5-13H,14H2,1-4H3,(H,26,30)/b20-13+. The molecule has 0 radical (unpaired) electrons. The SMILES string of the molecule is COc1ccc(/C=C2/SC(=S)N(CC(=O)Nc3c(C)n(C)n(-c4ccccc4)c3=O)C2=O)cc1OC. The van der Waals surface area contributed by atoms with E-state index < -0.39 is 5.91 Å². The number of para-hydroxylation sites is 1. The maximum absolute atomic E-state index is 13.1. The molecule has 0 spiro atoms. The zero-order valence-corrected chi connectivity index (χ0v) is 21.7. The van der Waals surface area contributed by atoms with Gasteiger partial charge in [-0.05, 0) is 42.8 Å². The molecule has 1 fully saturated rings. The first-order chi connectivity index (χ1) is 17.2. The minimum absolute atomic E-state index is 0.151. The highest BCUT2D eigenvalue weighted by molar-refractivity contribution is 8.26. The Kier molecular flexibility index (Phi) is 7.32. The quantitative estimate of drug-likeness (QED) is 0.374. The molecule has 0 bridgehead atoms. The molecule has 0 atom stereocenters. The molecule has 36 heavy (non-hydrogen) atoms. The number of hydrogen-bond acceptors (Lipinski definition) is 7. The largest absolute Gasteiger partial charge is 0.493 e. The molecule has 4 rings (SSSR count). The van der Waals surface area contributed by atoms with Crippen molar-refractivity contribution in [2.45, 2.75) is 6.92 Å². The molecule has 1 saturated heterocycles. The zero-order chi connectivity index (χ0) is 26.0. The van der Waals surface area contributed by atoms with Gasteiger partial charge in [0.05, 0.1) is 30.5 Å². The number of thioether (sulfide) groups is 1. The zero-order valence-electron chi connectivity index (χ0n) is 20.1. The van der Waals surface area contributed by atoms with Crippen LogP contribution in [0.5, 0.6) is 11.5 Å². The molecule has 186 valence electrons. The van der Waals surface area contributed by atoms with Crippen LogP contribution < -0.4 is 20.3 Å². The van der Waals surface area contributed by atoms with Crippen LogP contribution in [0.1, 0.15) is 11.3 Å². The summed E-state index contributed by atoms with van der Waals surface area (Å²) in [5.74, 6) is 0.188. The molecule has 9 nitrogen and oxygen atoms in total. The molecule has 2 amide bonds. The molecule has 11 heteroatoms. The number of carbonyl (C=O) groups is 2. The molecule has 1 aliphatic rings. The lowest BCUT2D eigenvalue weighted by Gasteiger charge is -2.13. The Labute approximate surface area is 217 Å². The Morgan fingerprint density at radius 2 is 1.78 bits per heavy atom. The summed E-state index contributed by atoms with van der Waals surface area (Å²) in [5, 5.41) is 2.66. The van der Waals surface area contributed by atoms with Crippen LogP contribution in [0.2, 0.25) is 0 Å². The summed E-state index contributed by atoms with van der Waals surface area (Å²) in [6.45, 7) is 1.43. The monoisotopic (exact) mass is 524 g/mol. The van der Waals surface area contributed by atoms with Crippen LogP contribution in [0.25, 0.3) is 11.8 Å².